The van der Waals surface area contributed by atoms with Crippen LogP contribution in [0.1, 0.15) is 34.1 Å². The van der Waals surface area contributed by atoms with Crippen LogP contribution in [0.25, 0.3) is 0 Å². The van der Waals surface area contributed by atoms with Gasteiger partial charge < -0.3 is 5.11 Å². The second kappa shape index (κ2) is 5.82. The molecule has 0 rings (SSSR count). The first-order chi connectivity index (χ1) is 6.66. The molecule has 0 aromatic heterocycles. The van der Waals surface area contributed by atoms with E-state index in [0.717, 1.165) is 0 Å². The van der Waals surface area contributed by atoms with Crippen molar-refractivity contribution in [1.82, 2.24) is 0 Å². The van der Waals surface area contributed by atoms with Crippen LogP contribution in [0.2, 0.25) is 0 Å². The van der Waals surface area contributed by atoms with Crippen LogP contribution in [0.3, 0.4) is 0 Å². The van der Waals surface area contributed by atoms with Gasteiger partial charge in [-0.05, 0) is 17.8 Å². The molecular weight excluding hydrogens is 216 g/mol. The maximum absolute atomic E-state index is 11.4. The second-order valence-corrected chi connectivity index (χ2v) is 6.92. The lowest BCUT2D eigenvalue weighted by Crippen LogP contribution is -2.21. The molecule has 0 spiro atoms. The third-order valence-corrected chi connectivity index (χ3v) is 3.06. The van der Waals surface area contributed by atoms with E-state index in [1.54, 1.807) is 6.92 Å². The molecule has 4 nitrogen and oxygen atoms in total. The highest BCUT2D eigenvalue weighted by Gasteiger charge is 2.18. The summed E-state index contributed by atoms with van der Waals surface area (Å²) in [5, 5.41) is 8.76. The molecule has 0 saturated carbocycles. The molecule has 1 atom stereocenters. The predicted octanol–water partition coefficient (Wildman–Crippen LogP) is 1.40. The van der Waals surface area contributed by atoms with Crippen molar-refractivity contribution in [2.75, 3.05) is 19.0 Å². The van der Waals surface area contributed by atoms with E-state index in [9.17, 15) is 8.42 Å². The summed E-state index contributed by atoms with van der Waals surface area (Å²) < 4.78 is 27.7. The van der Waals surface area contributed by atoms with Crippen LogP contribution in [0.15, 0.2) is 0 Å². The number of hydrogen-bond acceptors (Lipinski definition) is 4. The summed E-state index contributed by atoms with van der Waals surface area (Å²) in [6.07, 6.45) is 0.434. The zero-order valence-corrected chi connectivity index (χ0v) is 10.8. The van der Waals surface area contributed by atoms with Gasteiger partial charge in [0.2, 0.25) is 0 Å². The Balaban J connectivity index is 3.99. The van der Waals surface area contributed by atoms with Crippen LogP contribution in [0.4, 0.5) is 0 Å². The molecule has 0 radical (unpaired) electrons. The Morgan fingerprint density at radius 3 is 2.27 bits per heavy atom. The first kappa shape index (κ1) is 14.9. The van der Waals surface area contributed by atoms with E-state index < -0.39 is 10.1 Å². The van der Waals surface area contributed by atoms with Gasteiger partial charge in [-0.3, -0.25) is 4.18 Å². The van der Waals surface area contributed by atoms with Crippen LogP contribution < -0.4 is 0 Å². The maximum atomic E-state index is 11.4. The molecule has 0 fully saturated rings. The van der Waals surface area contributed by atoms with Gasteiger partial charge in [0, 0.05) is 6.61 Å². The van der Waals surface area contributed by atoms with Crippen molar-refractivity contribution in [3.63, 3.8) is 0 Å². The molecule has 0 aromatic carbocycles. The Labute approximate surface area is 92.8 Å². The van der Waals surface area contributed by atoms with Crippen molar-refractivity contribution >= 4 is 10.1 Å². The van der Waals surface area contributed by atoms with E-state index in [1.165, 1.54) is 0 Å². The smallest absolute Gasteiger partial charge is 0.267 e. The average molecular weight is 238 g/mol. The summed E-state index contributed by atoms with van der Waals surface area (Å²) in [6, 6.07) is 0. The monoisotopic (exact) mass is 238 g/mol. The van der Waals surface area contributed by atoms with Gasteiger partial charge in [0.25, 0.3) is 10.1 Å². The highest BCUT2D eigenvalue weighted by atomic mass is 32.2. The van der Waals surface area contributed by atoms with E-state index in [1.807, 2.05) is 20.8 Å². The first-order valence-electron chi connectivity index (χ1n) is 5.14. The Kier molecular flexibility index (Phi) is 5.77. The molecule has 1 N–H and O–H groups in total. The van der Waals surface area contributed by atoms with Gasteiger partial charge in [-0.2, -0.15) is 8.42 Å². The number of aliphatic hydroxyl groups excluding tert-OH is 1. The van der Waals surface area contributed by atoms with Crippen LogP contribution in [-0.4, -0.2) is 32.5 Å². The zero-order chi connectivity index (χ0) is 12.1. The van der Waals surface area contributed by atoms with Gasteiger partial charge in [-0.1, -0.05) is 27.7 Å². The highest BCUT2D eigenvalue weighted by Crippen LogP contribution is 2.15. The third-order valence-electron chi connectivity index (χ3n) is 1.84. The van der Waals surface area contributed by atoms with Gasteiger partial charge in [0.05, 0.1) is 12.4 Å². The molecule has 0 saturated heterocycles. The van der Waals surface area contributed by atoms with E-state index in [2.05, 4.69) is 0 Å². The standard InChI is InChI=1S/C10H22O4S/c1-9(7-11)5-6-15(12,13)14-8-10(2,3)4/h9,11H,5-8H2,1-4H3. The minimum atomic E-state index is -3.43. The van der Waals surface area contributed by atoms with Crippen LogP contribution in [0, 0.1) is 11.3 Å². The van der Waals surface area contributed by atoms with E-state index in [-0.39, 0.29) is 30.3 Å². The lowest BCUT2D eigenvalue weighted by atomic mass is 9.99. The highest BCUT2D eigenvalue weighted by molar-refractivity contribution is 7.86. The number of aliphatic hydroxyl groups is 1. The number of hydrogen-bond donors (Lipinski definition) is 1. The molecule has 0 aliphatic carbocycles. The summed E-state index contributed by atoms with van der Waals surface area (Å²) in [6.45, 7) is 7.76. The quantitative estimate of drug-likeness (QED) is 0.710. The Morgan fingerprint density at radius 2 is 1.87 bits per heavy atom. The lowest BCUT2D eigenvalue weighted by Gasteiger charge is -2.18. The molecule has 15 heavy (non-hydrogen) atoms. The molecule has 5 heteroatoms. The number of rotatable bonds is 6. The van der Waals surface area contributed by atoms with Gasteiger partial charge in [0.1, 0.15) is 0 Å². The Morgan fingerprint density at radius 1 is 1.33 bits per heavy atom. The SMILES string of the molecule is CC(CO)CCS(=O)(=O)OCC(C)(C)C. The fourth-order valence-electron chi connectivity index (χ4n) is 0.762. The van der Waals surface area contributed by atoms with Crippen molar-refractivity contribution < 1.29 is 17.7 Å². The van der Waals surface area contributed by atoms with Gasteiger partial charge in [-0.25, -0.2) is 0 Å². The average Bonchev–Trinajstić information content (AvgIpc) is 2.10. The third kappa shape index (κ3) is 8.84. The minimum absolute atomic E-state index is 0.00184. The largest absolute Gasteiger partial charge is 0.396 e. The minimum Gasteiger partial charge on any atom is -0.396 e. The molecule has 0 aliphatic heterocycles. The molecule has 1 unspecified atom stereocenters. The Bertz CT molecular complexity index is 264. The summed E-state index contributed by atoms with van der Waals surface area (Å²) in [5.41, 5.74) is -0.157. The van der Waals surface area contributed by atoms with Gasteiger partial charge in [0.15, 0.2) is 0 Å². The molecule has 92 valence electrons. The predicted molar refractivity (Wildman–Crippen MR) is 60.1 cm³/mol. The summed E-state index contributed by atoms with van der Waals surface area (Å²) in [5.74, 6) is -0.0249. The van der Waals surface area contributed by atoms with Crippen molar-refractivity contribution in [2.45, 2.75) is 34.1 Å². The summed E-state index contributed by atoms with van der Waals surface area (Å²) in [4.78, 5) is 0. The second-order valence-electron chi connectivity index (χ2n) is 5.16. The van der Waals surface area contributed by atoms with Crippen LogP contribution in [-0.2, 0) is 14.3 Å². The van der Waals surface area contributed by atoms with E-state index >= 15 is 0 Å². The summed E-state index contributed by atoms with van der Waals surface area (Å²) in [7, 11) is -3.43. The zero-order valence-electron chi connectivity index (χ0n) is 9.99. The van der Waals surface area contributed by atoms with E-state index in [0.29, 0.717) is 6.42 Å². The van der Waals surface area contributed by atoms with Crippen molar-refractivity contribution in [2.24, 2.45) is 11.3 Å². The fourth-order valence-corrected chi connectivity index (χ4v) is 2.10. The van der Waals surface area contributed by atoms with Gasteiger partial charge in [-0.15, -0.1) is 0 Å². The molecule has 0 bridgehead atoms. The fraction of sp³-hybridized carbons (Fsp3) is 1.00. The van der Waals surface area contributed by atoms with Crippen molar-refractivity contribution in [3.05, 3.63) is 0 Å². The van der Waals surface area contributed by atoms with Gasteiger partial charge >= 0.3 is 0 Å². The first-order valence-corrected chi connectivity index (χ1v) is 6.72. The summed E-state index contributed by atoms with van der Waals surface area (Å²) >= 11 is 0. The molecule has 0 aromatic rings. The Hall–Kier alpha value is -0.130. The topological polar surface area (TPSA) is 63.6 Å². The molecule has 0 aliphatic rings. The molecule has 0 amide bonds. The van der Waals surface area contributed by atoms with Crippen LogP contribution in [0.5, 0.6) is 0 Å². The lowest BCUT2D eigenvalue weighted by molar-refractivity contribution is 0.201. The van der Waals surface area contributed by atoms with Crippen LogP contribution >= 0.6 is 0 Å². The molecule has 0 heterocycles. The van der Waals surface area contributed by atoms with Crippen molar-refractivity contribution in [1.29, 1.82) is 0 Å². The molecular formula is C10H22O4S. The normalized spacial score (nSPS) is 15.3. The maximum Gasteiger partial charge on any atom is 0.267 e. The van der Waals surface area contributed by atoms with E-state index in [4.69, 9.17) is 9.29 Å². The van der Waals surface area contributed by atoms with Crippen molar-refractivity contribution in [3.8, 4) is 0 Å².